The van der Waals surface area contributed by atoms with E-state index in [4.69, 9.17) is 0 Å². The monoisotopic (exact) mass is 214 g/mol. The van der Waals surface area contributed by atoms with Crippen molar-refractivity contribution < 1.29 is 0 Å². The summed E-state index contributed by atoms with van der Waals surface area (Å²) in [6.07, 6.45) is 0.905. The number of hydrogen-bond donors (Lipinski definition) is 1. The largest absolute Gasteiger partial charge is 0.283 e. The summed E-state index contributed by atoms with van der Waals surface area (Å²) in [4.78, 5) is 0. The summed E-state index contributed by atoms with van der Waals surface area (Å²) in [5, 5.41) is 7.21. The van der Waals surface area contributed by atoms with Crippen LogP contribution in [-0.4, -0.2) is 10.2 Å². The molecule has 0 bridgehead atoms. The highest BCUT2D eigenvalue weighted by molar-refractivity contribution is 5.27. The fourth-order valence-corrected chi connectivity index (χ4v) is 1.79. The third-order valence-corrected chi connectivity index (χ3v) is 2.79. The van der Waals surface area contributed by atoms with E-state index >= 15 is 0 Å². The molecule has 1 aromatic carbocycles. The Labute approximate surface area is 96.7 Å². The van der Waals surface area contributed by atoms with Crippen LogP contribution in [0.1, 0.15) is 42.3 Å². The summed E-state index contributed by atoms with van der Waals surface area (Å²) in [5.41, 5.74) is 4.93. The zero-order chi connectivity index (χ0) is 11.5. The van der Waals surface area contributed by atoms with Gasteiger partial charge in [-0.15, -0.1) is 0 Å². The molecule has 84 valence electrons. The van der Waals surface area contributed by atoms with Gasteiger partial charge in [-0.1, -0.05) is 38.1 Å². The Hall–Kier alpha value is -1.57. The summed E-state index contributed by atoms with van der Waals surface area (Å²) in [6, 6.07) is 10.9. The fourth-order valence-electron chi connectivity index (χ4n) is 1.79. The molecule has 2 heteroatoms. The van der Waals surface area contributed by atoms with E-state index in [0.717, 1.165) is 17.8 Å². The van der Waals surface area contributed by atoms with Crippen LogP contribution in [0.3, 0.4) is 0 Å². The standard InChI is InChI=1S/C14H18N2/c1-10(2)13-6-4-12(5-7-13)9-14-8-11(3)15-16-14/h4-8,10H,9H2,1-3H3,(H,15,16). The number of aryl methyl sites for hydroxylation is 1. The van der Waals surface area contributed by atoms with Crippen molar-refractivity contribution >= 4 is 0 Å². The van der Waals surface area contributed by atoms with Crippen LogP contribution in [0.2, 0.25) is 0 Å². The van der Waals surface area contributed by atoms with Crippen molar-refractivity contribution in [1.29, 1.82) is 0 Å². The predicted octanol–water partition coefficient (Wildman–Crippen LogP) is 3.43. The van der Waals surface area contributed by atoms with Gasteiger partial charge in [0.25, 0.3) is 0 Å². The third-order valence-electron chi connectivity index (χ3n) is 2.79. The minimum atomic E-state index is 0.599. The molecular weight excluding hydrogens is 196 g/mol. The van der Waals surface area contributed by atoms with Crippen LogP contribution in [0.15, 0.2) is 30.3 Å². The predicted molar refractivity (Wildman–Crippen MR) is 66.7 cm³/mol. The van der Waals surface area contributed by atoms with Crippen LogP contribution in [0.5, 0.6) is 0 Å². The normalized spacial score (nSPS) is 11.0. The second kappa shape index (κ2) is 4.52. The first-order chi connectivity index (χ1) is 7.65. The Morgan fingerprint density at radius 2 is 1.88 bits per heavy atom. The minimum Gasteiger partial charge on any atom is -0.283 e. The third kappa shape index (κ3) is 2.51. The van der Waals surface area contributed by atoms with Gasteiger partial charge in [0, 0.05) is 12.1 Å². The van der Waals surface area contributed by atoms with E-state index < -0.39 is 0 Å². The van der Waals surface area contributed by atoms with Gasteiger partial charge in [-0.2, -0.15) is 5.10 Å². The van der Waals surface area contributed by atoms with E-state index in [9.17, 15) is 0 Å². The fraction of sp³-hybridized carbons (Fsp3) is 0.357. The summed E-state index contributed by atoms with van der Waals surface area (Å²) < 4.78 is 0. The lowest BCUT2D eigenvalue weighted by Gasteiger charge is -2.05. The molecule has 0 unspecified atom stereocenters. The molecule has 0 aliphatic carbocycles. The number of nitrogens with one attached hydrogen (secondary N) is 1. The molecule has 2 nitrogen and oxygen atoms in total. The highest BCUT2D eigenvalue weighted by Crippen LogP contribution is 2.16. The number of nitrogens with zero attached hydrogens (tertiary/aromatic N) is 1. The van der Waals surface area contributed by atoms with Crippen molar-refractivity contribution in [3.8, 4) is 0 Å². The highest BCUT2D eigenvalue weighted by Gasteiger charge is 2.02. The summed E-state index contributed by atoms with van der Waals surface area (Å²) in [7, 11) is 0. The molecule has 0 spiro atoms. The maximum absolute atomic E-state index is 4.24. The van der Waals surface area contributed by atoms with Gasteiger partial charge in [0.05, 0.1) is 5.69 Å². The highest BCUT2D eigenvalue weighted by atomic mass is 15.1. The Morgan fingerprint density at radius 3 is 2.38 bits per heavy atom. The smallest absolute Gasteiger partial charge is 0.0668 e. The number of benzene rings is 1. The lowest BCUT2D eigenvalue weighted by Crippen LogP contribution is -1.91. The zero-order valence-corrected chi connectivity index (χ0v) is 10.1. The molecule has 0 atom stereocenters. The lowest BCUT2D eigenvalue weighted by atomic mass is 10.0. The van der Waals surface area contributed by atoms with E-state index in [1.807, 2.05) is 6.92 Å². The first kappa shape index (κ1) is 10.9. The van der Waals surface area contributed by atoms with E-state index in [1.165, 1.54) is 11.1 Å². The van der Waals surface area contributed by atoms with Gasteiger partial charge >= 0.3 is 0 Å². The average molecular weight is 214 g/mol. The van der Waals surface area contributed by atoms with Crippen molar-refractivity contribution in [1.82, 2.24) is 10.2 Å². The van der Waals surface area contributed by atoms with Crippen LogP contribution in [-0.2, 0) is 6.42 Å². The molecule has 1 N–H and O–H groups in total. The van der Waals surface area contributed by atoms with Gasteiger partial charge < -0.3 is 0 Å². The van der Waals surface area contributed by atoms with Crippen molar-refractivity contribution in [2.45, 2.75) is 33.1 Å². The van der Waals surface area contributed by atoms with E-state index in [0.29, 0.717) is 5.92 Å². The summed E-state index contributed by atoms with van der Waals surface area (Å²) in [5.74, 6) is 0.599. The van der Waals surface area contributed by atoms with E-state index in [-0.39, 0.29) is 0 Å². The van der Waals surface area contributed by atoms with Crippen LogP contribution >= 0.6 is 0 Å². The van der Waals surface area contributed by atoms with Gasteiger partial charge in [-0.05, 0) is 30.0 Å². The topological polar surface area (TPSA) is 28.7 Å². The quantitative estimate of drug-likeness (QED) is 0.833. The molecule has 0 fully saturated rings. The van der Waals surface area contributed by atoms with E-state index in [1.54, 1.807) is 0 Å². The van der Waals surface area contributed by atoms with Gasteiger partial charge in [0.2, 0.25) is 0 Å². The van der Waals surface area contributed by atoms with Gasteiger partial charge in [0.1, 0.15) is 0 Å². The maximum atomic E-state index is 4.24. The van der Waals surface area contributed by atoms with Crippen molar-refractivity contribution in [3.05, 3.63) is 52.8 Å². The molecule has 2 aromatic rings. The number of aromatic nitrogens is 2. The van der Waals surface area contributed by atoms with Crippen molar-refractivity contribution in [2.75, 3.05) is 0 Å². The van der Waals surface area contributed by atoms with Crippen LogP contribution in [0, 0.1) is 6.92 Å². The first-order valence-corrected chi connectivity index (χ1v) is 5.75. The molecule has 0 saturated carbocycles. The van der Waals surface area contributed by atoms with Gasteiger partial charge in [0.15, 0.2) is 0 Å². The van der Waals surface area contributed by atoms with Gasteiger partial charge in [-0.3, -0.25) is 5.10 Å². The lowest BCUT2D eigenvalue weighted by molar-refractivity contribution is 0.865. The van der Waals surface area contributed by atoms with Crippen molar-refractivity contribution in [2.24, 2.45) is 0 Å². The van der Waals surface area contributed by atoms with Crippen LogP contribution in [0.25, 0.3) is 0 Å². The molecule has 0 aliphatic heterocycles. The molecule has 0 amide bonds. The Kier molecular flexibility index (Phi) is 3.09. The maximum Gasteiger partial charge on any atom is 0.0668 e. The minimum absolute atomic E-state index is 0.599. The number of H-pyrrole nitrogens is 1. The molecular formula is C14H18N2. The number of aromatic amines is 1. The molecule has 0 aliphatic rings. The molecule has 1 aromatic heterocycles. The second-order valence-electron chi connectivity index (χ2n) is 4.62. The SMILES string of the molecule is Cc1cc(Cc2ccc(C(C)C)cc2)n[nH]1. The van der Waals surface area contributed by atoms with Crippen LogP contribution in [0.4, 0.5) is 0 Å². The van der Waals surface area contributed by atoms with E-state index in [2.05, 4.69) is 54.4 Å². The molecule has 2 rings (SSSR count). The Balaban J connectivity index is 2.11. The summed E-state index contributed by atoms with van der Waals surface area (Å²) >= 11 is 0. The second-order valence-corrected chi connectivity index (χ2v) is 4.62. The molecule has 1 heterocycles. The first-order valence-electron chi connectivity index (χ1n) is 5.75. The molecule has 0 saturated heterocycles. The Bertz CT molecular complexity index is 452. The zero-order valence-electron chi connectivity index (χ0n) is 10.1. The number of rotatable bonds is 3. The molecule has 16 heavy (non-hydrogen) atoms. The van der Waals surface area contributed by atoms with Gasteiger partial charge in [-0.25, -0.2) is 0 Å². The van der Waals surface area contributed by atoms with Crippen LogP contribution < -0.4 is 0 Å². The summed E-state index contributed by atoms with van der Waals surface area (Å²) in [6.45, 7) is 6.45. The number of hydrogen-bond acceptors (Lipinski definition) is 1. The van der Waals surface area contributed by atoms with Crippen molar-refractivity contribution in [3.63, 3.8) is 0 Å². The Morgan fingerprint density at radius 1 is 1.19 bits per heavy atom. The average Bonchev–Trinajstić information content (AvgIpc) is 2.65. The molecule has 0 radical (unpaired) electrons.